The molecule has 0 N–H and O–H groups in total. The van der Waals surface area contributed by atoms with E-state index in [9.17, 15) is 17.7 Å². The van der Waals surface area contributed by atoms with Crippen molar-refractivity contribution in [3.8, 4) is 0 Å². The Labute approximate surface area is 160 Å². The summed E-state index contributed by atoms with van der Waals surface area (Å²) in [5.74, 6) is 0. The van der Waals surface area contributed by atoms with Crippen LogP contribution in [0.2, 0.25) is 18.1 Å². The molecule has 0 radical (unpaired) electrons. The number of nitrogens with zero attached hydrogens (tertiary/aromatic N) is 1. The smallest absolute Gasteiger partial charge is 0.399 e. The molecule has 8 heteroatoms. The Hall–Kier alpha value is -0.0531. The first-order valence-electron chi connectivity index (χ1n) is 9.13. The molecule has 1 atom stereocenters. The van der Waals surface area contributed by atoms with Crippen molar-refractivity contribution in [2.45, 2.75) is 102 Å². The van der Waals surface area contributed by atoms with Crippen LogP contribution in [0, 0.1) is 5.41 Å². The van der Waals surface area contributed by atoms with Crippen LogP contribution in [0.4, 0.5) is 13.2 Å². The zero-order valence-electron chi connectivity index (χ0n) is 17.3. The van der Waals surface area contributed by atoms with Crippen molar-refractivity contribution in [1.82, 2.24) is 0 Å². The molecule has 3 nitrogen and oxygen atoms in total. The Balaban J connectivity index is 2.90. The van der Waals surface area contributed by atoms with E-state index in [1.54, 1.807) is 20.8 Å². The van der Waals surface area contributed by atoms with Crippen molar-refractivity contribution in [2.75, 3.05) is 0 Å². The summed E-state index contributed by atoms with van der Waals surface area (Å²) in [6.07, 6.45) is -3.08. The number of hydrogen-bond donors (Lipinski definition) is 0. The van der Waals surface area contributed by atoms with Crippen molar-refractivity contribution < 1.29 is 22.2 Å². The third kappa shape index (κ3) is 5.72. The standard InChI is InChI=1S/C18H34F3NO2SSi/c1-15(2,3)25(23)22-13-17(18(19,20)21)11-9-14(10-12-17)24-26(7,8)16(4,5)6/h13-14H,9-12H2,1-8H3/b22-13+. The normalized spacial score (nSPS) is 27.8. The number of hydrogen-bond acceptors (Lipinski definition) is 3. The highest BCUT2D eigenvalue weighted by Gasteiger charge is 2.56. The topological polar surface area (TPSA) is 44.7 Å². The largest absolute Gasteiger partial charge is 0.591 e. The molecule has 1 aliphatic rings. The molecule has 0 aromatic rings. The van der Waals surface area contributed by atoms with Crippen molar-refractivity contribution in [3.63, 3.8) is 0 Å². The molecular weight excluding hydrogens is 379 g/mol. The van der Waals surface area contributed by atoms with E-state index < -0.39 is 36.0 Å². The van der Waals surface area contributed by atoms with Gasteiger partial charge in [-0.3, -0.25) is 0 Å². The summed E-state index contributed by atoms with van der Waals surface area (Å²) in [4.78, 5) is 0. The second kappa shape index (κ2) is 7.76. The second-order valence-electron chi connectivity index (χ2n) is 9.83. The second-order valence-corrected chi connectivity index (χ2v) is 16.5. The average Bonchev–Trinajstić information content (AvgIpc) is 2.42. The maximum Gasteiger partial charge on any atom is 0.399 e. The van der Waals surface area contributed by atoms with Gasteiger partial charge in [0.1, 0.15) is 21.5 Å². The van der Waals surface area contributed by atoms with Gasteiger partial charge in [0.2, 0.25) is 0 Å². The molecular formula is C18H34F3NO2SSi. The minimum absolute atomic E-state index is 0.0244. The highest BCUT2D eigenvalue weighted by molar-refractivity contribution is 7.91. The molecule has 1 rings (SSSR count). The zero-order chi connectivity index (χ0) is 20.6. The SMILES string of the molecule is CC(C)(C)[S+]([O-])/N=C/C1(C(F)(F)F)CCC(O[Si](C)(C)C(C)(C)C)CC1. The lowest BCUT2D eigenvalue weighted by Crippen LogP contribution is -2.48. The molecule has 0 bridgehead atoms. The zero-order valence-corrected chi connectivity index (χ0v) is 19.1. The molecule has 1 fully saturated rings. The van der Waals surface area contributed by atoms with Crippen molar-refractivity contribution >= 4 is 25.9 Å². The third-order valence-electron chi connectivity index (χ3n) is 5.58. The fourth-order valence-electron chi connectivity index (χ4n) is 2.61. The van der Waals surface area contributed by atoms with Gasteiger partial charge in [-0.15, -0.1) is 0 Å². The van der Waals surface area contributed by atoms with Gasteiger partial charge in [0, 0.05) is 6.10 Å². The lowest BCUT2D eigenvalue weighted by atomic mass is 9.73. The van der Waals surface area contributed by atoms with E-state index in [1.807, 2.05) is 0 Å². The van der Waals surface area contributed by atoms with Crippen molar-refractivity contribution in [1.29, 1.82) is 0 Å². The predicted molar refractivity (Wildman–Crippen MR) is 105 cm³/mol. The van der Waals surface area contributed by atoms with Gasteiger partial charge in [0.15, 0.2) is 8.32 Å². The quantitative estimate of drug-likeness (QED) is 0.321. The molecule has 26 heavy (non-hydrogen) atoms. The molecule has 0 aromatic carbocycles. The summed E-state index contributed by atoms with van der Waals surface area (Å²) in [5, 5.41) is 0.0244. The monoisotopic (exact) mass is 413 g/mol. The Morgan fingerprint density at radius 1 is 1.08 bits per heavy atom. The molecule has 0 aliphatic heterocycles. The van der Waals surface area contributed by atoms with Crippen LogP contribution in [0.25, 0.3) is 0 Å². The van der Waals surface area contributed by atoms with Gasteiger partial charge in [-0.2, -0.15) is 13.2 Å². The van der Waals surface area contributed by atoms with Crippen LogP contribution < -0.4 is 0 Å². The van der Waals surface area contributed by atoms with E-state index in [0.29, 0.717) is 12.8 Å². The van der Waals surface area contributed by atoms with Crippen LogP contribution in [0.15, 0.2) is 4.40 Å². The molecule has 0 heterocycles. The molecule has 1 saturated carbocycles. The minimum atomic E-state index is -4.40. The van der Waals surface area contributed by atoms with Crippen molar-refractivity contribution in [3.05, 3.63) is 0 Å². The van der Waals surface area contributed by atoms with Gasteiger partial charge >= 0.3 is 6.18 Å². The summed E-state index contributed by atoms with van der Waals surface area (Å²) in [6, 6.07) is 0. The first kappa shape index (κ1) is 24.0. The summed E-state index contributed by atoms with van der Waals surface area (Å²) in [6.45, 7) is 15.7. The highest BCUT2D eigenvalue weighted by Crippen LogP contribution is 2.49. The van der Waals surface area contributed by atoms with Crippen molar-refractivity contribution in [2.24, 2.45) is 9.81 Å². The summed E-state index contributed by atoms with van der Waals surface area (Å²) >= 11 is -1.69. The van der Waals surface area contributed by atoms with Crippen LogP contribution in [0.1, 0.15) is 67.2 Å². The highest BCUT2D eigenvalue weighted by atomic mass is 32.2. The van der Waals surface area contributed by atoms with Gasteiger partial charge in [0.05, 0.1) is 6.21 Å². The Kier molecular flexibility index (Phi) is 7.16. The molecule has 0 saturated heterocycles. The molecule has 0 amide bonds. The Morgan fingerprint density at radius 2 is 1.54 bits per heavy atom. The first-order valence-corrected chi connectivity index (χ1v) is 13.1. The lowest BCUT2D eigenvalue weighted by Gasteiger charge is -2.43. The minimum Gasteiger partial charge on any atom is -0.591 e. The number of alkyl halides is 3. The molecule has 1 aliphatic carbocycles. The lowest BCUT2D eigenvalue weighted by molar-refractivity contribution is -0.208. The van der Waals surface area contributed by atoms with E-state index in [4.69, 9.17) is 4.43 Å². The van der Waals surface area contributed by atoms with E-state index >= 15 is 0 Å². The van der Waals surface area contributed by atoms with Crippen LogP contribution >= 0.6 is 0 Å². The number of halogens is 3. The average molecular weight is 414 g/mol. The van der Waals surface area contributed by atoms with Crippen LogP contribution in [-0.2, 0) is 15.8 Å². The molecule has 0 aromatic heterocycles. The fraction of sp³-hybridized carbons (Fsp3) is 0.944. The number of rotatable bonds is 4. The van der Waals surface area contributed by atoms with Gasteiger partial charge in [-0.1, -0.05) is 25.2 Å². The maximum atomic E-state index is 13.8. The van der Waals surface area contributed by atoms with Gasteiger partial charge in [0.25, 0.3) is 0 Å². The molecule has 154 valence electrons. The molecule has 1 unspecified atom stereocenters. The van der Waals surface area contributed by atoms with E-state index in [1.165, 1.54) is 0 Å². The van der Waals surface area contributed by atoms with Gasteiger partial charge in [-0.25, -0.2) is 0 Å². The van der Waals surface area contributed by atoms with E-state index in [0.717, 1.165) is 6.21 Å². The summed E-state index contributed by atoms with van der Waals surface area (Å²) in [5.41, 5.74) is -2.00. The third-order valence-corrected chi connectivity index (χ3v) is 11.5. The fourth-order valence-corrected chi connectivity index (χ4v) is 4.65. The first-order chi connectivity index (χ1) is 11.4. The summed E-state index contributed by atoms with van der Waals surface area (Å²) < 4.78 is 62.8. The molecule has 0 spiro atoms. The maximum absolute atomic E-state index is 13.8. The van der Waals surface area contributed by atoms with E-state index in [-0.39, 0.29) is 24.0 Å². The van der Waals surface area contributed by atoms with Crippen LogP contribution in [0.3, 0.4) is 0 Å². The van der Waals surface area contributed by atoms with Gasteiger partial charge in [-0.05, 0) is 64.6 Å². The predicted octanol–water partition coefficient (Wildman–Crippen LogP) is 6.03. The Bertz CT molecular complexity index is 502. The van der Waals surface area contributed by atoms with E-state index in [2.05, 4.69) is 38.3 Å². The van der Waals surface area contributed by atoms with Crippen LogP contribution in [-0.4, -0.2) is 36.1 Å². The van der Waals surface area contributed by atoms with Gasteiger partial charge < -0.3 is 8.98 Å². The summed E-state index contributed by atoms with van der Waals surface area (Å²) in [7, 11) is -2.01. The van der Waals surface area contributed by atoms with Crippen LogP contribution in [0.5, 0.6) is 0 Å². The Morgan fingerprint density at radius 3 is 1.88 bits per heavy atom.